The van der Waals surface area contributed by atoms with Crippen molar-refractivity contribution in [1.82, 2.24) is 0 Å². The Bertz CT molecular complexity index is 3530. The maximum atomic E-state index is 7.05. The summed E-state index contributed by atoms with van der Waals surface area (Å²) in [5, 5.41) is 3.65. The van der Waals surface area contributed by atoms with Gasteiger partial charge >= 0.3 is 6.85 Å². The summed E-state index contributed by atoms with van der Waals surface area (Å²) < 4.78 is 9.74. The van der Waals surface area contributed by atoms with Crippen molar-refractivity contribution in [3.8, 4) is 22.3 Å². The molecule has 9 aromatic rings. The lowest BCUT2D eigenvalue weighted by Gasteiger charge is -2.47. The molecule has 66 heavy (non-hydrogen) atoms. The van der Waals surface area contributed by atoms with E-state index < -0.39 is 0 Å². The van der Waals surface area contributed by atoms with Crippen molar-refractivity contribution in [3.63, 3.8) is 0 Å². The molecule has 0 radical (unpaired) electrons. The van der Waals surface area contributed by atoms with E-state index in [0.717, 1.165) is 23.0 Å². The van der Waals surface area contributed by atoms with Crippen LogP contribution in [0.15, 0.2) is 138 Å². The molecule has 0 amide bonds. The number of nitrogens with zero attached hydrogens (tertiary/aromatic N) is 2. The quantitative estimate of drug-likeness (QED) is 0.165. The summed E-state index contributed by atoms with van der Waals surface area (Å²) in [5.41, 5.74) is 21.9. The summed E-state index contributed by atoms with van der Waals surface area (Å²) in [4.78, 5) is 5.41. The largest absolute Gasteiger partial charge is 0.456 e. The number of anilines is 5. The molecular weight excluding hydrogens is 820 g/mol. The Hall–Kier alpha value is -6.04. The van der Waals surface area contributed by atoms with Crippen molar-refractivity contribution < 1.29 is 4.42 Å². The van der Waals surface area contributed by atoms with Crippen molar-refractivity contribution >= 4 is 88.9 Å². The summed E-state index contributed by atoms with van der Waals surface area (Å²) in [6, 6.07) is 51.1. The summed E-state index contributed by atoms with van der Waals surface area (Å²) in [6.45, 7) is 21.9. The lowest BCUT2D eigenvalue weighted by atomic mass is 9.46. The summed E-state index contributed by atoms with van der Waals surface area (Å²) in [6.07, 6.45) is 4.70. The lowest BCUT2D eigenvalue weighted by Crippen LogP contribution is -2.60. The van der Waals surface area contributed by atoms with Gasteiger partial charge in [0.05, 0.1) is 5.69 Å². The smallest absolute Gasteiger partial charge is 0.343 e. The number of aryl methyl sites for hydroxylation is 1. The van der Waals surface area contributed by atoms with E-state index in [1.165, 1.54) is 123 Å². The minimum Gasteiger partial charge on any atom is -0.456 e. The van der Waals surface area contributed by atoms with Gasteiger partial charge in [-0.2, -0.15) is 0 Å². The number of thiophene rings is 1. The number of rotatable bonds is 3. The van der Waals surface area contributed by atoms with Crippen LogP contribution in [-0.2, 0) is 21.7 Å². The molecule has 2 aliphatic carbocycles. The second kappa shape index (κ2) is 13.5. The molecule has 0 fully saturated rings. The fourth-order valence-electron chi connectivity index (χ4n) is 12.7. The predicted molar refractivity (Wildman–Crippen MR) is 284 cm³/mol. The summed E-state index contributed by atoms with van der Waals surface area (Å²) >= 11 is 1.98. The van der Waals surface area contributed by atoms with E-state index in [1.807, 2.05) is 11.3 Å². The third kappa shape index (κ3) is 5.56. The van der Waals surface area contributed by atoms with E-state index in [4.69, 9.17) is 4.42 Å². The number of benzene rings is 7. The molecular formula is C61H57BN2OS. The average Bonchev–Trinajstić information content (AvgIpc) is 3.88. The van der Waals surface area contributed by atoms with Gasteiger partial charge in [-0.25, -0.2) is 0 Å². The van der Waals surface area contributed by atoms with Gasteiger partial charge in [-0.05, 0) is 147 Å². The molecule has 4 aliphatic rings. The topological polar surface area (TPSA) is 19.6 Å². The first-order valence-corrected chi connectivity index (χ1v) is 25.0. The van der Waals surface area contributed by atoms with Crippen LogP contribution in [0.1, 0.15) is 109 Å². The van der Waals surface area contributed by atoms with Gasteiger partial charge in [-0.1, -0.05) is 140 Å². The molecule has 0 N–H and O–H groups in total. The van der Waals surface area contributed by atoms with Gasteiger partial charge in [0.1, 0.15) is 11.2 Å². The van der Waals surface area contributed by atoms with E-state index in [2.05, 4.69) is 205 Å². The second-order valence-electron chi connectivity index (χ2n) is 22.6. The van der Waals surface area contributed by atoms with Crippen molar-refractivity contribution in [1.29, 1.82) is 0 Å². The van der Waals surface area contributed by atoms with Gasteiger partial charge in [0.25, 0.3) is 0 Å². The first kappa shape index (κ1) is 40.3. The Morgan fingerprint density at radius 1 is 0.530 bits per heavy atom. The summed E-state index contributed by atoms with van der Waals surface area (Å²) in [7, 11) is 0. The Morgan fingerprint density at radius 2 is 1.17 bits per heavy atom. The molecule has 0 spiro atoms. The minimum atomic E-state index is -0.0992. The third-order valence-electron chi connectivity index (χ3n) is 16.7. The fraction of sp³-hybridized carbons (Fsp3) is 0.279. The highest BCUT2D eigenvalue weighted by Gasteiger charge is 2.49. The number of hydrogen-bond donors (Lipinski definition) is 0. The number of para-hydroxylation sites is 1. The zero-order valence-electron chi connectivity index (χ0n) is 39.8. The number of fused-ring (bicyclic) bond motifs is 12. The molecule has 13 rings (SSSR count). The van der Waals surface area contributed by atoms with Crippen LogP contribution in [0.25, 0.3) is 54.3 Å². The van der Waals surface area contributed by atoms with E-state index in [0.29, 0.717) is 0 Å². The molecule has 3 nitrogen and oxygen atoms in total. The zero-order chi connectivity index (χ0) is 45.2. The van der Waals surface area contributed by atoms with Crippen molar-refractivity contribution in [3.05, 3.63) is 161 Å². The van der Waals surface area contributed by atoms with Crippen molar-refractivity contribution in [2.75, 3.05) is 9.71 Å². The maximum absolute atomic E-state index is 7.05. The van der Waals surface area contributed by atoms with Gasteiger partial charge in [-0.15, -0.1) is 11.3 Å². The Labute approximate surface area is 394 Å². The van der Waals surface area contributed by atoms with E-state index in [-0.39, 0.29) is 28.5 Å². The molecule has 0 atom stereocenters. The van der Waals surface area contributed by atoms with E-state index in [1.54, 1.807) is 0 Å². The first-order valence-electron chi connectivity index (χ1n) is 24.2. The van der Waals surface area contributed by atoms with Crippen LogP contribution in [0.4, 0.5) is 28.4 Å². The first-order chi connectivity index (χ1) is 31.6. The SMILES string of the molecule is Cc1cc2c(cc1N1c3cc4oc5ccccc5c4c4c3B(c3sc5ccccc5c31)N(c1ccc3c(c1)C(C)(C)CCC3(C)C)c1ccc(-c3ccccc3)cc1-4)C(C)(C)CCC2(C)C. The van der Waals surface area contributed by atoms with Crippen LogP contribution < -0.4 is 20.0 Å². The van der Waals surface area contributed by atoms with Gasteiger partial charge in [0.2, 0.25) is 0 Å². The molecule has 0 bridgehead atoms. The average molecular weight is 877 g/mol. The number of furan rings is 1. The zero-order valence-corrected chi connectivity index (χ0v) is 40.6. The molecule has 7 aromatic carbocycles. The van der Waals surface area contributed by atoms with Gasteiger partial charge in [0, 0.05) is 60.0 Å². The van der Waals surface area contributed by atoms with E-state index in [9.17, 15) is 0 Å². The predicted octanol–water partition coefficient (Wildman–Crippen LogP) is 16.2. The van der Waals surface area contributed by atoms with Crippen LogP contribution >= 0.6 is 11.3 Å². The third-order valence-corrected chi connectivity index (χ3v) is 17.9. The molecule has 4 heterocycles. The monoisotopic (exact) mass is 876 g/mol. The van der Waals surface area contributed by atoms with Crippen molar-refractivity contribution in [2.24, 2.45) is 0 Å². The molecule has 326 valence electrons. The molecule has 0 saturated heterocycles. The fourth-order valence-corrected chi connectivity index (χ4v) is 14.0. The second-order valence-corrected chi connectivity index (χ2v) is 23.7. The Balaban J connectivity index is 1.20. The van der Waals surface area contributed by atoms with Gasteiger partial charge in [-0.3, -0.25) is 0 Å². The van der Waals surface area contributed by atoms with Crippen LogP contribution in [-0.4, -0.2) is 6.85 Å². The van der Waals surface area contributed by atoms with Gasteiger partial charge in [0.15, 0.2) is 0 Å². The van der Waals surface area contributed by atoms with E-state index >= 15 is 0 Å². The minimum absolute atomic E-state index is 0.0473. The van der Waals surface area contributed by atoms with Crippen LogP contribution in [0.5, 0.6) is 0 Å². The molecule has 2 aliphatic heterocycles. The Morgan fingerprint density at radius 3 is 1.91 bits per heavy atom. The standard InChI is InChI=1S/C61H57BN2OS/c1-36-31-44-46(61(8,9)30-29-59(44,4)5)34-48(36)63-49-35-51-53(40-19-13-15-21-50(40)65-51)54-42-32-38(37-17-11-10-12-18-37)23-26-47(42)64(39-24-25-43-45(33-39)60(6,7)28-27-58(43,2)3)62(55(49)54)57-56(63)41-20-14-16-22-52(41)66-57/h10-26,31-35H,27-30H2,1-9H3. The molecule has 5 heteroatoms. The maximum Gasteiger partial charge on any atom is 0.343 e. The van der Waals surface area contributed by atoms with Crippen LogP contribution in [0, 0.1) is 6.92 Å². The highest BCUT2D eigenvalue weighted by Crippen LogP contribution is 2.56. The number of hydrogen-bond acceptors (Lipinski definition) is 4. The highest BCUT2D eigenvalue weighted by atomic mass is 32.1. The molecule has 2 aromatic heterocycles. The van der Waals surface area contributed by atoms with Crippen molar-refractivity contribution in [2.45, 2.75) is 110 Å². The summed E-state index contributed by atoms with van der Waals surface area (Å²) in [5.74, 6) is 0. The van der Waals surface area contributed by atoms with Crippen LogP contribution in [0.3, 0.4) is 0 Å². The highest BCUT2D eigenvalue weighted by molar-refractivity contribution is 7.32. The lowest BCUT2D eigenvalue weighted by molar-refractivity contribution is 0.332. The molecule has 0 saturated carbocycles. The molecule has 0 unspecified atom stereocenters. The normalized spacial score (nSPS) is 18.2. The Kier molecular flexibility index (Phi) is 8.26. The van der Waals surface area contributed by atoms with Gasteiger partial charge < -0.3 is 14.1 Å². The van der Waals surface area contributed by atoms with Crippen LogP contribution in [0.2, 0.25) is 0 Å².